The highest BCUT2D eigenvalue weighted by molar-refractivity contribution is 7.15. The first-order valence-electron chi connectivity index (χ1n) is 12.9. The number of nitrogens with zero attached hydrogens (tertiary/aromatic N) is 6. The van der Waals surface area contributed by atoms with Gasteiger partial charge in [-0.1, -0.05) is 5.21 Å². The standard InChI is InChI=1S/C26H30N8O2S2/c1-14(28-13-21(35)34-18(12-27)8-17-9-19(17)34)11-26(25-29-31-32-30-25)22-15(6-7-37-22)4-5-16-10-20(38-23(16)26)24(36)33(2)3/h6-7,10,14,17-19,28H,4-5,8-9,11,13H2,1-3H3,(H,29,30,31,32)/t14-,17-,18?,19+,26?/m1/s1. The predicted molar refractivity (Wildman–Crippen MR) is 143 cm³/mol. The number of aromatic nitrogens is 4. The lowest BCUT2D eigenvalue weighted by atomic mass is 9.76. The zero-order valence-corrected chi connectivity index (χ0v) is 23.2. The van der Waals surface area contributed by atoms with Crippen LogP contribution in [0.5, 0.6) is 0 Å². The molecule has 3 aromatic heterocycles. The summed E-state index contributed by atoms with van der Waals surface area (Å²) in [7, 11) is 3.53. The van der Waals surface area contributed by atoms with Gasteiger partial charge in [0.1, 0.15) is 11.5 Å². The summed E-state index contributed by atoms with van der Waals surface area (Å²) in [6.45, 7) is 2.24. The summed E-state index contributed by atoms with van der Waals surface area (Å²) in [6.07, 6.45) is 4.08. The summed E-state index contributed by atoms with van der Waals surface area (Å²) in [6, 6.07) is 6.32. The second-order valence-corrected chi connectivity index (χ2v) is 12.8. The molecule has 2 fully saturated rings. The van der Waals surface area contributed by atoms with Crippen LogP contribution in [0.2, 0.25) is 0 Å². The molecule has 3 aromatic rings. The van der Waals surface area contributed by atoms with Gasteiger partial charge in [0.25, 0.3) is 5.91 Å². The Morgan fingerprint density at radius 1 is 1.32 bits per heavy atom. The normalized spacial score (nSPS) is 26.1. The molecule has 4 heterocycles. The lowest BCUT2D eigenvalue weighted by Gasteiger charge is -2.33. The highest BCUT2D eigenvalue weighted by atomic mass is 32.1. The van der Waals surface area contributed by atoms with E-state index in [0.29, 0.717) is 23.0 Å². The van der Waals surface area contributed by atoms with E-state index in [1.807, 2.05) is 6.07 Å². The van der Waals surface area contributed by atoms with Crippen molar-refractivity contribution in [1.82, 2.24) is 35.7 Å². The zero-order chi connectivity index (χ0) is 26.6. The van der Waals surface area contributed by atoms with Crippen LogP contribution in [0.15, 0.2) is 17.5 Å². The van der Waals surface area contributed by atoms with Gasteiger partial charge in [0, 0.05) is 35.9 Å². The number of aromatic amines is 1. The Morgan fingerprint density at radius 3 is 2.87 bits per heavy atom. The van der Waals surface area contributed by atoms with Gasteiger partial charge in [-0.2, -0.15) is 10.5 Å². The van der Waals surface area contributed by atoms with Gasteiger partial charge < -0.3 is 15.1 Å². The number of carbonyl (C=O) groups is 2. The Balaban J connectivity index is 1.34. The average molecular weight is 551 g/mol. The average Bonchev–Trinajstić information content (AvgIpc) is 3.43. The molecule has 6 rings (SSSR count). The fourth-order valence-corrected chi connectivity index (χ4v) is 8.88. The second kappa shape index (κ2) is 9.55. The fraction of sp³-hybridized carbons (Fsp3) is 0.538. The minimum Gasteiger partial charge on any atom is -0.344 e. The zero-order valence-electron chi connectivity index (χ0n) is 21.6. The van der Waals surface area contributed by atoms with Gasteiger partial charge in [0.2, 0.25) is 5.91 Å². The van der Waals surface area contributed by atoms with Gasteiger partial charge in [0.15, 0.2) is 5.82 Å². The molecule has 1 aliphatic heterocycles. The van der Waals surface area contributed by atoms with Crippen LogP contribution in [-0.2, 0) is 23.1 Å². The number of tetrazole rings is 1. The van der Waals surface area contributed by atoms with Crippen molar-refractivity contribution in [2.45, 2.75) is 62.6 Å². The molecule has 2 amide bonds. The fourth-order valence-electron chi connectivity index (χ4n) is 6.22. The van der Waals surface area contributed by atoms with Crippen LogP contribution in [0.4, 0.5) is 0 Å². The van der Waals surface area contributed by atoms with Gasteiger partial charge in [-0.25, -0.2) is 0 Å². The molecule has 0 radical (unpaired) electrons. The maximum Gasteiger partial charge on any atom is 0.263 e. The van der Waals surface area contributed by atoms with Crippen LogP contribution < -0.4 is 5.32 Å². The van der Waals surface area contributed by atoms with Crippen LogP contribution in [0.1, 0.15) is 62.6 Å². The Labute approximate surface area is 229 Å². The van der Waals surface area contributed by atoms with E-state index in [4.69, 9.17) is 0 Å². The second-order valence-electron chi connectivity index (χ2n) is 10.8. The van der Waals surface area contributed by atoms with Gasteiger partial charge in [-0.3, -0.25) is 9.59 Å². The molecule has 2 N–H and O–H groups in total. The van der Waals surface area contributed by atoms with E-state index >= 15 is 0 Å². The third-order valence-electron chi connectivity index (χ3n) is 8.09. The molecule has 2 unspecified atom stereocenters. The molecule has 10 nitrogen and oxygen atoms in total. The molecule has 0 spiro atoms. The van der Waals surface area contributed by atoms with Gasteiger partial charge in [-0.05, 0) is 73.6 Å². The van der Waals surface area contributed by atoms with E-state index in [9.17, 15) is 14.9 Å². The topological polar surface area (TPSA) is 131 Å². The number of rotatable bonds is 7. The molecular formula is C26H30N8O2S2. The largest absolute Gasteiger partial charge is 0.344 e. The quantitative estimate of drug-likeness (QED) is 0.462. The number of amides is 2. The van der Waals surface area contributed by atoms with Crippen molar-refractivity contribution in [3.05, 3.63) is 49.1 Å². The number of nitriles is 1. The van der Waals surface area contributed by atoms with Crippen molar-refractivity contribution in [1.29, 1.82) is 5.26 Å². The number of likely N-dealkylation sites (tertiary alicyclic amines) is 1. The monoisotopic (exact) mass is 550 g/mol. The molecular weight excluding hydrogens is 520 g/mol. The summed E-state index contributed by atoms with van der Waals surface area (Å²) < 4.78 is 0. The Bertz CT molecular complexity index is 1410. The number of fused-ring (bicyclic) bond motifs is 3. The third kappa shape index (κ3) is 4.04. The van der Waals surface area contributed by atoms with Gasteiger partial charge >= 0.3 is 0 Å². The summed E-state index contributed by atoms with van der Waals surface area (Å²) in [5.41, 5.74) is 1.67. The van der Waals surface area contributed by atoms with E-state index in [0.717, 1.165) is 41.0 Å². The number of H-pyrrole nitrogens is 1. The van der Waals surface area contributed by atoms with E-state index in [-0.39, 0.29) is 36.5 Å². The molecule has 1 saturated carbocycles. The first-order chi connectivity index (χ1) is 18.3. The highest BCUT2D eigenvalue weighted by Crippen LogP contribution is 2.51. The predicted octanol–water partition coefficient (Wildman–Crippen LogP) is 2.34. The molecule has 38 heavy (non-hydrogen) atoms. The highest BCUT2D eigenvalue weighted by Gasteiger charge is 2.54. The third-order valence-corrected chi connectivity index (χ3v) is 10.5. The van der Waals surface area contributed by atoms with Crippen molar-refractivity contribution in [3.8, 4) is 6.07 Å². The first kappa shape index (κ1) is 25.2. The number of piperidine rings is 1. The van der Waals surface area contributed by atoms with Gasteiger partial charge in [0.05, 0.1) is 17.5 Å². The van der Waals surface area contributed by atoms with Crippen LogP contribution in [0.3, 0.4) is 0 Å². The Morgan fingerprint density at radius 2 is 2.13 bits per heavy atom. The smallest absolute Gasteiger partial charge is 0.263 e. The minimum atomic E-state index is -0.711. The van der Waals surface area contributed by atoms with E-state index in [2.05, 4.69) is 50.4 Å². The number of hydrogen-bond acceptors (Lipinski definition) is 9. The molecule has 0 aromatic carbocycles. The van der Waals surface area contributed by atoms with Crippen molar-refractivity contribution < 1.29 is 9.59 Å². The molecule has 0 bridgehead atoms. The number of aryl methyl sites for hydroxylation is 2. The summed E-state index contributed by atoms with van der Waals surface area (Å²) in [4.78, 5) is 32.4. The van der Waals surface area contributed by atoms with E-state index in [1.54, 1.807) is 35.2 Å². The van der Waals surface area contributed by atoms with Crippen LogP contribution >= 0.6 is 22.7 Å². The molecule has 198 valence electrons. The van der Waals surface area contributed by atoms with Crippen LogP contribution in [0.25, 0.3) is 0 Å². The van der Waals surface area contributed by atoms with Gasteiger partial charge in [-0.15, -0.1) is 32.9 Å². The molecule has 2 aliphatic carbocycles. The van der Waals surface area contributed by atoms with Crippen molar-refractivity contribution >= 4 is 34.5 Å². The van der Waals surface area contributed by atoms with E-state index in [1.165, 1.54) is 16.9 Å². The van der Waals surface area contributed by atoms with Crippen LogP contribution in [0, 0.1) is 17.2 Å². The molecule has 1 saturated heterocycles. The number of hydrogen-bond donors (Lipinski definition) is 2. The van der Waals surface area contributed by atoms with Crippen molar-refractivity contribution in [2.75, 3.05) is 20.6 Å². The number of thiophene rings is 2. The molecule has 5 atom stereocenters. The SMILES string of the molecule is C[C@H](CC1(c2nn[nH]n2)c2sccc2CCc2cc(C(=O)N(C)C)sc21)NCC(=O)N1C(C#N)C[C@@H]2C[C@@H]21. The Hall–Kier alpha value is -3.14. The molecule has 3 aliphatic rings. The summed E-state index contributed by atoms with van der Waals surface area (Å²) in [5, 5.41) is 30.6. The van der Waals surface area contributed by atoms with E-state index < -0.39 is 5.41 Å². The number of carbonyl (C=O) groups excluding carboxylic acids is 2. The summed E-state index contributed by atoms with van der Waals surface area (Å²) >= 11 is 3.19. The lowest BCUT2D eigenvalue weighted by molar-refractivity contribution is -0.131. The lowest BCUT2D eigenvalue weighted by Crippen LogP contribution is -2.46. The maximum atomic E-state index is 13.1. The van der Waals surface area contributed by atoms with Crippen molar-refractivity contribution in [3.63, 3.8) is 0 Å². The maximum absolute atomic E-state index is 13.1. The Kier molecular flexibility index (Phi) is 6.32. The number of nitrogens with one attached hydrogen (secondary N) is 2. The first-order valence-corrected chi connectivity index (χ1v) is 14.6. The van der Waals surface area contributed by atoms with Crippen LogP contribution in [-0.4, -0.2) is 81.0 Å². The minimum absolute atomic E-state index is 0.0182. The van der Waals surface area contributed by atoms with Crippen molar-refractivity contribution in [2.24, 2.45) is 5.92 Å². The molecule has 12 heteroatoms. The summed E-state index contributed by atoms with van der Waals surface area (Å²) in [5.74, 6) is 1.02.